The van der Waals surface area contributed by atoms with Crippen LogP contribution in [0.15, 0.2) is 46.7 Å². The van der Waals surface area contributed by atoms with Crippen LogP contribution in [0.1, 0.15) is 17.0 Å². The van der Waals surface area contributed by atoms with Crippen molar-refractivity contribution in [1.29, 1.82) is 0 Å². The van der Waals surface area contributed by atoms with Crippen molar-refractivity contribution in [1.82, 2.24) is 25.2 Å². The van der Waals surface area contributed by atoms with Crippen LogP contribution >= 0.6 is 0 Å². The summed E-state index contributed by atoms with van der Waals surface area (Å²) in [5.41, 5.74) is 2.36. The minimum Gasteiger partial charge on any atom is -0.487 e. The first-order valence-corrected chi connectivity index (χ1v) is 6.21. The monoisotopic (exact) mass is 284 g/mol. The maximum Gasteiger partial charge on any atom is 0.145 e. The van der Waals surface area contributed by atoms with Gasteiger partial charge in [0.25, 0.3) is 0 Å². The zero-order valence-electron chi connectivity index (χ0n) is 11.2. The number of aromatic nitrogens is 5. The van der Waals surface area contributed by atoms with Gasteiger partial charge >= 0.3 is 0 Å². The van der Waals surface area contributed by atoms with E-state index in [9.17, 15) is 0 Å². The number of benzene rings is 1. The highest BCUT2D eigenvalue weighted by molar-refractivity contribution is 5.79. The third-order valence-electron chi connectivity index (χ3n) is 2.75. The Bertz CT molecular complexity index is 717. The fourth-order valence-corrected chi connectivity index (χ4v) is 1.57. The molecule has 0 aliphatic rings. The second-order valence-electron chi connectivity index (χ2n) is 4.24. The summed E-state index contributed by atoms with van der Waals surface area (Å²) in [6.45, 7) is 2.14. The van der Waals surface area contributed by atoms with Gasteiger partial charge in [0.05, 0.1) is 6.21 Å². The van der Waals surface area contributed by atoms with E-state index in [2.05, 4.69) is 30.2 Å². The van der Waals surface area contributed by atoms with E-state index in [1.165, 1.54) is 17.3 Å². The van der Waals surface area contributed by atoms with Crippen LogP contribution in [0.3, 0.4) is 0 Å². The molecule has 0 N–H and O–H groups in total. The topological polar surface area (TPSA) is 91.2 Å². The van der Waals surface area contributed by atoms with Crippen molar-refractivity contribution in [3.8, 4) is 5.75 Å². The molecule has 0 unspecified atom stereocenters. The quantitative estimate of drug-likeness (QED) is 0.658. The first-order chi connectivity index (χ1) is 10.3. The first-order valence-electron chi connectivity index (χ1n) is 6.21. The second kappa shape index (κ2) is 5.95. The van der Waals surface area contributed by atoms with E-state index in [-0.39, 0.29) is 0 Å². The summed E-state index contributed by atoms with van der Waals surface area (Å²) in [6.07, 6.45) is 4.74. The van der Waals surface area contributed by atoms with Gasteiger partial charge in [0.15, 0.2) is 0 Å². The molecule has 0 fully saturated rings. The Balaban J connectivity index is 1.60. The van der Waals surface area contributed by atoms with Crippen LogP contribution in [0.4, 0.5) is 0 Å². The van der Waals surface area contributed by atoms with Gasteiger partial charge in [-0.3, -0.25) is 0 Å². The summed E-state index contributed by atoms with van der Waals surface area (Å²) >= 11 is 0. The highest BCUT2D eigenvalue weighted by Gasteiger charge is 2.05. The Labute approximate surface area is 120 Å². The summed E-state index contributed by atoms with van der Waals surface area (Å²) in [7, 11) is 0. The van der Waals surface area contributed by atoms with Crippen LogP contribution in [0.5, 0.6) is 5.75 Å². The molecule has 21 heavy (non-hydrogen) atoms. The second-order valence-corrected chi connectivity index (χ2v) is 4.24. The van der Waals surface area contributed by atoms with Gasteiger partial charge in [-0.2, -0.15) is 5.10 Å². The predicted molar refractivity (Wildman–Crippen MR) is 72.8 cm³/mol. The van der Waals surface area contributed by atoms with Crippen molar-refractivity contribution in [2.24, 2.45) is 5.10 Å². The van der Waals surface area contributed by atoms with Gasteiger partial charge in [0.2, 0.25) is 0 Å². The van der Waals surface area contributed by atoms with Gasteiger partial charge in [-0.05, 0) is 36.8 Å². The largest absolute Gasteiger partial charge is 0.487 e. The molecule has 8 heteroatoms. The minimum absolute atomic E-state index is 0.323. The average molecular weight is 284 g/mol. The SMILES string of the molecule is Cc1nonc1COc1ccc(/C=N/n2cnnc2)cc1. The van der Waals surface area contributed by atoms with Crippen LogP contribution in [0.25, 0.3) is 0 Å². The zero-order chi connectivity index (χ0) is 14.5. The molecule has 2 aromatic heterocycles. The lowest BCUT2D eigenvalue weighted by molar-refractivity contribution is 0.270. The van der Waals surface area contributed by atoms with Crippen molar-refractivity contribution in [3.05, 3.63) is 53.9 Å². The molecule has 0 radical (unpaired) electrons. The summed E-state index contributed by atoms with van der Waals surface area (Å²) in [5.74, 6) is 0.735. The molecule has 0 saturated carbocycles. The molecule has 3 aromatic rings. The third-order valence-corrected chi connectivity index (χ3v) is 2.75. The summed E-state index contributed by atoms with van der Waals surface area (Å²) in [6, 6.07) is 7.51. The summed E-state index contributed by atoms with van der Waals surface area (Å²) < 4.78 is 11.7. The van der Waals surface area contributed by atoms with Crippen molar-refractivity contribution in [3.63, 3.8) is 0 Å². The highest BCUT2D eigenvalue weighted by atomic mass is 16.6. The first kappa shape index (κ1) is 13.0. The molecule has 0 saturated heterocycles. The molecule has 0 amide bonds. The Morgan fingerprint density at radius 3 is 2.62 bits per heavy atom. The van der Waals surface area contributed by atoms with Crippen LogP contribution in [-0.4, -0.2) is 31.4 Å². The van der Waals surface area contributed by atoms with E-state index < -0.39 is 0 Å². The maximum atomic E-state index is 5.60. The Morgan fingerprint density at radius 2 is 1.95 bits per heavy atom. The molecule has 8 nitrogen and oxygen atoms in total. The van der Waals surface area contributed by atoms with E-state index in [4.69, 9.17) is 4.74 Å². The Hall–Kier alpha value is -3.03. The molecule has 0 atom stereocenters. The summed E-state index contributed by atoms with van der Waals surface area (Å²) in [4.78, 5) is 0. The van der Waals surface area contributed by atoms with E-state index in [0.29, 0.717) is 12.3 Å². The smallest absolute Gasteiger partial charge is 0.145 e. The standard InChI is InChI=1S/C13H12N6O2/c1-10-13(18-21-17-10)7-20-12-4-2-11(3-5-12)6-16-19-8-14-15-9-19/h2-6,8-9H,7H2,1H3/b16-6+. The van der Waals surface area contributed by atoms with E-state index in [1.807, 2.05) is 31.2 Å². The van der Waals surface area contributed by atoms with Crippen molar-refractivity contribution < 1.29 is 9.37 Å². The van der Waals surface area contributed by atoms with Crippen molar-refractivity contribution in [2.75, 3.05) is 0 Å². The maximum absolute atomic E-state index is 5.60. The molecule has 0 aliphatic carbocycles. The third kappa shape index (κ3) is 3.30. The average Bonchev–Trinajstić information content (AvgIpc) is 3.16. The number of nitrogens with zero attached hydrogens (tertiary/aromatic N) is 6. The van der Waals surface area contributed by atoms with Crippen LogP contribution in [0, 0.1) is 6.92 Å². The fraction of sp³-hybridized carbons (Fsp3) is 0.154. The number of aryl methyl sites for hydroxylation is 1. The van der Waals surface area contributed by atoms with E-state index in [1.54, 1.807) is 6.21 Å². The fourth-order valence-electron chi connectivity index (χ4n) is 1.57. The van der Waals surface area contributed by atoms with Crippen molar-refractivity contribution >= 4 is 6.21 Å². The molecule has 3 rings (SSSR count). The van der Waals surface area contributed by atoms with Gasteiger partial charge in [-0.15, -0.1) is 10.2 Å². The normalized spacial score (nSPS) is 11.1. The molecular formula is C13H12N6O2. The van der Waals surface area contributed by atoms with E-state index in [0.717, 1.165) is 17.0 Å². The number of rotatable bonds is 5. The Kier molecular flexibility index (Phi) is 3.68. The number of ether oxygens (including phenoxy) is 1. The van der Waals surface area contributed by atoms with Crippen LogP contribution in [-0.2, 0) is 6.61 Å². The number of hydrogen-bond acceptors (Lipinski definition) is 7. The lowest BCUT2D eigenvalue weighted by atomic mass is 10.2. The molecule has 0 spiro atoms. The van der Waals surface area contributed by atoms with Gasteiger partial charge in [-0.25, -0.2) is 9.31 Å². The lowest BCUT2D eigenvalue weighted by Gasteiger charge is -2.04. The van der Waals surface area contributed by atoms with Crippen molar-refractivity contribution in [2.45, 2.75) is 13.5 Å². The molecule has 2 heterocycles. The van der Waals surface area contributed by atoms with Gasteiger partial charge in [0.1, 0.15) is 36.4 Å². The molecule has 0 aliphatic heterocycles. The van der Waals surface area contributed by atoms with Gasteiger partial charge in [-0.1, -0.05) is 10.3 Å². The van der Waals surface area contributed by atoms with Gasteiger partial charge < -0.3 is 4.74 Å². The molecular weight excluding hydrogens is 272 g/mol. The van der Waals surface area contributed by atoms with Crippen LogP contribution in [0.2, 0.25) is 0 Å². The van der Waals surface area contributed by atoms with Crippen LogP contribution < -0.4 is 4.74 Å². The molecule has 0 bridgehead atoms. The lowest BCUT2D eigenvalue weighted by Crippen LogP contribution is -1.97. The predicted octanol–water partition coefficient (Wildman–Crippen LogP) is 1.43. The number of hydrogen-bond donors (Lipinski definition) is 0. The highest BCUT2D eigenvalue weighted by Crippen LogP contribution is 2.13. The Morgan fingerprint density at radius 1 is 1.19 bits per heavy atom. The van der Waals surface area contributed by atoms with E-state index >= 15 is 0 Å². The van der Waals surface area contributed by atoms with Gasteiger partial charge in [0, 0.05) is 0 Å². The zero-order valence-corrected chi connectivity index (χ0v) is 11.2. The minimum atomic E-state index is 0.323. The summed E-state index contributed by atoms with van der Waals surface area (Å²) in [5, 5.41) is 18.9. The molecule has 106 valence electrons. The molecule has 1 aromatic carbocycles.